The van der Waals surface area contributed by atoms with Crippen molar-refractivity contribution in [3.8, 4) is 0 Å². The second-order valence-corrected chi connectivity index (χ2v) is 5.40. The Labute approximate surface area is 130 Å². The standard InChI is InChI=1S/C16H21ClFN3/c1-3-9-19-15(10-12-7-5-6-8-14(12)18)16-13(17)11-20-21(16)4-2/h5-8,11,15,19H,3-4,9-10H2,1-2H3. The molecule has 0 bridgehead atoms. The predicted molar refractivity (Wildman–Crippen MR) is 84.0 cm³/mol. The fourth-order valence-electron chi connectivity index (χ4n) is 2.44. The number of nitrogens with zero attached hydrogens (tertiary/aromatic N) is 2. The molecule has 0 radical (unpaired) electrons. The summed E-state index contributed by atoms with van der Waals surface area (Å²) in [6.07, 6.45) is 3.21. The highest BCUT2D eigenvalue weighted by Gasteiger charge is 2.21. The molecule has 114 valence electrons. The Bertz CT molecular complexity index is 583. The summed E-state index contributed by atoms with van der Waals surface area (Å²) >= 11 is 6.29. The van der Waals surface area contributed by atoms with Crippen LogP contribution < -0.4 is 5.32 Å². The number of hydrogen-bond donors (Lipinski definition) is 1. The van der Waals surface area contributed by atoms with E-state index in [1.54, 1.807) is 12.3 Å². The highest BCUT2D eigenvalue weighted by molar-refractivity contribution is 6.31. The van der Waals surface area contributed by atoms with Crippen molar-refractivity contribution in [2.75, 3.05) is 6.54 Å². The second-order valence-electron chi connectivity index (χ2n) is 5.00. The van der Waals surface area contributed by atoms with Crippen molar-refractivity contribution in [3.63, 3.8) is 0 Å². The lowest BCUT2D eigenvalue weighted by molar-refractivity contribution is 0.470. The van der Waals surface area contributed by atoms with Crippen LogP contribution in [-0.4, -0.2) is 16.3 Å². The molecule has 0 aliphatic carbocycles. The van der Waals surface area contributed by atoms with E-state index >= 15 is 0 Å². The minimum Gasteiger partial charge on any atom is -0.308 e. The molecule has 0 aliphatic heterocycles. The molecule has 3 nitrogen and oxygen atoms in total. The van der Waals surface area contributed by atoms with Crippen LogP contribution in [0.5, 0.6) is 0 Å². The van der Waals surface area contributed by atoms with Crippen molar-refractivity contribution in [1.82, 2.24) is 15.1 Å². The van der Waals surface area contributed by atoms with Gasteiger partial charge in [-0.15, -0.1) is 0 Å². The zero-order valence-electron chi connectivity index (χ0n) is 12.4. The van der Waals surface area contributed by atoms with Crippen LogP contribution in [0.4, 0.5) is 4.39 Å². The van der Waals surface area contributed by atoms with Crippen molar-refractivity contribution >= 4 is 11.6 Å². The summed E-state index contributed by atoms with van der Waals surface area (Å²) in [5.74, 6) is -0.181. The molecule has 1 N–H and O–H groups in total. The average Bonchev–Trinajstić information content (AvgIpc) is 2.86. The van der Waals surface area contributed by atoms with E-state index in [1.165, 1.54) is 6.07 Å². The summed E-state index contributed by atoms with van der Waals surface area (Å²) in [4.78, 5) is 0. The summed E-state index contributed by atoms with van der Waals surface area (Å²) in [6.45, 7) is 5.71. The SMILES string of the molecule is CCCNC(Cc1ccccc1F)c1c(Cl)cnn1CC. The van der Waals surface area contributed by atoms with Crippen LogP contribution in [0.2, 0.25) is 5.02 Å². The molecule has 2 aromatic rings. The molecule has 0 saturated heterocycles. The highest BCUT2D eigenvalue weighted by atomic mass is 35.5. The zero-order chi connectivity index (χ0) is 15.2. The Balaban J connectivity index is 2.30. The molecule has 1 aromatic heterocycles. The van der Waals surface area contributed by atoms with Gasteiger partial charge < -0.3 is 5.32 Å². The number of aryl methyl sites for hydroxylation is 1. The van der Waals surface area contributed by atoms with Gasteiger partial charge in [-0.05, 0) is 37.9 Å². The minimum atomic E-state index is -0.181. The first-order valence-corrected chi connectivity index (χ1v) is 7.73. The van der Waals surface area contributed by atoms with Gasteiger partial charge in [0.2, 0.25) is 0 Å². The number of hydrogen-bond acceptors (Lipinski definition) is 2. The van der Waals surface area contributed by atoms with Gasteiger partial charge in [0.15, 0.2) is 0 Å². The monoisotopic (exact) mass is 309 g/mol. The number of benzene rings is 1. The Morgan fingerprint density at radius 1 is 1.33 bits per heavy atom. The van der Waals surface area contributed by atoms with Crippen LogP contribution in [0.3, 0.4) is 0 Å². The van der Waals surface area contributed by atoms with Crippen LogP contribution in [0.15, 0.2) is 30.5 Å². The van der Waals surface area contributed by atoms with Gasteiger partial charge in [-0.2, -0.15) is 5.10 Å². The lowest BCUT2D eigenvalue weighted by atomic mass is 10.0. The quantitative estimate of drug-likeness (QED) is 0.838. The summed E-state index contributed by atoms with van der Waals surface area (Å²) in [7, 11) is 0. The van der Waals surface area contributed by atoms with E-state index in [9.17, 15) is 4.39 Å². The molecule has 1 unspecified atom stereocenters. The molecular weight excluding hydrogens is 289 g/mol. The van der Waals surface area contributed by atoms with E-state index in [0.29, 0.717) is 17.0 Å². The fourth-order valence-corrected chi connectivity index (χ4v) is 2.71. The van der Waals surface area contributed by atoms with Gasteiger partial charge in [0, 0.05) is 6.54 Å². The maximum absolute atomic E-state index is 13.9. The van der Waals surface area contributed by atoms with Gasteiger partial charge in [0.1, 0.15) is 5.82 Å². The van der Waals surface area contributed by atoms with Gasteiger partial charge in [0.05, 0.1) is 23.0 Å². The highest BCUT2D eigenvalue weighted by Crippen LogP contribution is 2.26. The third-order valence-electron chi connectivity index (χ3n) is 3.49. The van der Waals surface area contributed by atoms with Crippen LogP contribution in [0.1, 0.15) is 37.6 Å². The summed E-state index contributed by atoms with van der Waals surface area (Å²) in [6, 6.07) is 6.82. The molecule has 21 heavy (non-hydrogen) atoms. The van der Waals surface area contributed by atoms with Crippen LogP contribution in [0.25, 0.3) is 0 Å². The topological polar surface area (TPSA) is 29.9 Å². The average molecular weight is 310 g/mol. The van der Waals surface area contributed by atoms with E-state index in [-0.39, 0.29) is 11.9 Å². The first-order valence-electron chi connectivity index (χ1n) is 7.35. The Hall–Kier alpha value is -1.39. The number of nitrogens with one attached hydrogen (secondary N) is 1. The molecule has 0 amide bonds. The minimum absolute atomic E-state index is 0.0446. The predicted octanol–water partition coefficient (Wildman–Crippen LogP) is 3.98. The van der Waals surface area contributed by atoms with Gasteiger partial charge in [-0.1, -0.05) is 36.7 Å². The van der Waals surface area contributed by atoms with Gasteiger partial charge in [-0.3, -0.25) is 4.68 Å². The van der Waals surface area contributed by atoms with Gasteiger partial charge >= 0.3 is 0 Å². The Morgan fingerprint density at radius 3 is 2.76 bits per heavy atom. The third kappa shape index (κ3) is 3.83. The number of halogens is 2. The van der Waals surface area contributed by atoms with Crippen molar-refractivity contribution in [1.29, 1.82) is 0 Å². The summed E-state index contributed by atoms with van der Waals surface area (Å²) in [5, 5.41) is 8.36. The Morgan fingerprint density at radius 2 is 2.10 bits per heavy atom. The van der Waals surface area contributed by atoms with Gasteiger partial charge in [0.25, 0.3) is 0 Å². The van der Waals surface area contributed by atoms with E-state index in [2.05, 4.69) is 17.3 Å². The Kier molecular flexibility index (Phi) is 5.76. The lowest BCUT2D eigenvalue weighted by Gasteiger charge is -2.20. The maximum atomic E-state index is 13.9. The summed E-state index contributed by atoms with van der Waals surface area (Å²) < 4.78 is 15.8. The first-order chi connectivity index (χ1) is 10.2. The zero-order valence-corrected chi connectivity index (χ0v) is 13.2. The molecule has 0 saturated carbocycles. The largest absolute Gasteiger partial charge is 0.308 e. The third-order valence-corrected chi connectivity index (χ3v) is 3.78. The second kappa shape index (κ2) is 7.57. The smallest absolute Gasteiger partial charge is 0.126 e. The molecular formula is C16H21ClFN3. The maximum Gasteiger partial charge on any atom is 0.126 e. The molecule has 0 spiro atoms. The van der Waals surface area contributed by atoms with Crippen molar-refractivity contribution in [2.45, 2.75) is 39.3 Å². The molecule has 2 rings (SSSR count). The van der Waals surface area contributed by atoms with Crippen molar-refractivity contribution in [2.24, 2.45) is 0 Å². The number of rotatable bonds is 7. The number of aromatic nitrogens is 2. The lowest BCUT2D eigenvalue weighted by Crippen LogP contribution is -2.27. The van der Waals surface area contributed by atoms with Crippen molar-refractivity contribution < 1.29 is 4.39 Å². The van der Waals surface area contributed by atoms with Crippen molar-refractivity contribution in [3.05, 3.63) is 52.6 Å². The fraction of sp³-hybridized carbons (Fsp3) is 0.438. The molecule has 0 aliphatic rings. The van der Waals surface area contributed by atoms with E-state index in [1.807, 2.05) is 23.7 Å². The summed E-state index contributed by atoms with van der Waals surface area (Å²) in [5.41, 5.74) is 1.61. The molecule has 1 heterocycles. The van der Waals surface area contributed by atoms with Crippen LogP contribution >= 0.6 is 11.6 Å². The van der Waals surface area contributed by atoms with E-state index in [0.717, 1.165) is 25.2 Å². The van der Waals surface area contributed by atoms with Crippen LogP contribution in [0, 0.1) is 5.82 Å². The molecule has 5 heteroatoms. The normalized spacial score (nSPS) is 12.6. The van der Waals surface area contributed by atoms with E-state index < -0.39 is 0 Å². The molecule has 1 atom stereocenters. The first kappa shape index (κ1) is 16.0. The van der Waals surface area contributed by atoms with Crippen LogP contribution in [-0.2, 0) is 13.0 Å². The molecule has 1 aromatic carbocycles. The molecule has 0 fully saturated rings. The van der Waals surface area contributed by atoms with E-state index in [4.69, 9.17) is 11.6 Å². The van der Waals surface area contributed by atoms with Gasteiger partial charge in [-0.25, -0.2) is 4.39 Å².